The number of hydrogen-bond acceptors (Lipinski definition) is 4. The molecule has 6 nitrogen and oxygen atoms in total. The van der Waals surface area contributed by atoms with E-state index in [1.165, 1.54) is 24.3 Å². The molecule has 1 saturated carbocycles. The summed E-state index contributed by atoms with van der Waals surface area (Å²) >= 11 is 0. The SMILES string of the molecule is O=S(=O)(NC1CCCCC1NS(=O)(=O)c1ccccc1)c1ccccc1. The van der Waals surface area contributed by atoms with Crippen molar-refractivity contribution in [2.24, 2.45) is 0 Å². The summed E-state index contributed by atoms with van der Waals surface area (Å²) in [5.41, 5.74) is 0. The van der Waals surface area contributed by atoms with Gasteiger partial charge in [-0.1, -0.05) is 49.2 Å². The Labute approximate surface area is 154 Å². The van der Waals surface area contributed by atoms with Gasteiger partial charge >= 0.3 is 0 Å². The Morgan fingerprint density at radius 2 is 0.962 bits per heavy atom. The maximum Gasteiger partial charge on any atom is 0.240 e. The average molecular weight is 395 g/mol. The molecule has 0 aromatic heterocycles. The fraction of sp³-hybridized carbons (Fsp3) is 0.333. The van der Waals surface area contributed by atoms with E-state index in [1.54, 1.807) is 36.4 Å². The minimum absolute atomic E-state index is 0.176. The molecule has 2 aromatic rings. The molecule has 1 aliphatic carbocycles. The maximum atomic E-state index is 12.6. The van der Waals surface area contributed by atoms with Crippen LogP contribution in [0, 0.1) is 0 Å². The van der Waals surface area contributed by atoms with E-state index in [4.69, 9.17) is 0 Å². The van der Waals surface area contributed by atoms with Gasteiger partial charge in [0, 0.05) is 12.1 Å². The van der Waals surface area contributed by atoms with Gasteiger partial charge in [0.2, 0.25) is 20.0 Å². The zero-order valence-corrected chi connectivity index (χ0v) is 15.8. The summed E-state index contributed by atoms with van der Waals surface area (Å²) < 4.78 is 55.7. The quantitative estimate of drug-likeness (QED) is 0.786. The molecule has 0 amide bonds. The number of nitrogens with one attached hydrogen (secondary N) is 2. The van der Waals surface area contributed by atoms with E-state index in [9.17, 15) is 16.8 Å². The summed E-state index contributed by atoms with van der Waals surface area (Å²) in [6, 6.07) is 15.3. The van der Waals surface area contributed by atoms with Crippen LogP contribution < -0.4 is 9.44 Å². The van der Waals surface area contributed by atoms with E-state index >= 15 is 0 Å². The summed E-state index contributed by atoms with van der Waals surface area (Å²) in [5, 5.41) is 0. The normalized spacial score (nSPS) is 21.4. The molecule has 26 heavy (non-hydrogen) atoms. The molecular formula is C18H22N2O4S2. The first-order valence-electron chi connectivity index (χ1n) is 8.53. The third-order valence-electron chi connectivity index (χ3n) is 4.49. The standard InChI is InChI=1S/C18H22N2O4S2/c21-25(22,15-9-3-1-4-10-15)19-17-13-7-8-14-18(17)20-26(23,24)16-11-5-2-6-12-16/h1-6,9-12,17-20H,7-8,13-14H2. The predicted octanol–water partition coefficient (Wildman–Crippen LogP) is 2.25. The summed E-state index contributed by atoms with van der Waals surface area (Å²) in [7, 11) is -7.40. The third-order valence-corrected chi connectivity index (χ3v) is 7.50. The topological polar surface area (TPSA) is 92.3 Å². The van der Waals surface area contributed by atoms with Crippen LogP contribution >= 0.6 is 0 Å². The Morgan fingerprint density at radius 3 is 1.31 bits per heavy atom. The lowest BCUT2D eigenvalue weighted by atomic mass is 9.92. The minimum atomic E-state index is -3.70. The zero-order chi connectivity index (χ0) is 18.6. The van der Waals surface area contributed by atoms with Crippen molar-refractivity contribution in [3.63, 3.8) is 0 Å². The smallest absolute Gasteiger partial charge is 0.207 e. The maximum absolute atomic E-state index is 12.6. The molecule has 2 unspecified atom stereocenters. The first-order chi connectivity index (χ1) is 12.4. The molecule has 0 bridgehead atoms. The van der Waals surface area contributed by atoms with Gasteiger partial charge in [-0.25, -0.2) is 26.3 Å². The van der Waals surface area contributed by atoms with Crippen LogP contribution in [0.5, 0.6) is 0 Å². The van der Waals surface area contributed by atoms with Crippen LogP contribution in [0.15, 0.2) is 70.5 Å². The molecule has 3 rings (SSSR count). The molecule has 2 atom stereocenters. The first kappa shape index (κ1) is 19.0. The Bertz CT molecular complexity index is 850. The van der Waals surface area contributed by atoms with Crippen molar-refractivity contribution in [2.45, 2.75) is 47.6 Å². The second-order valence-corrected chi connectivity index (χ2v) is 9.79. The lowest BCUT2D eigenvalue weighted by Gasteiger charge is -2.32. The van der Waals surface area contributed by atoms with Crippen LogP contribution in [-0.2, 0) is 20.0 Å². The minimum Gasteiger partial charge on any atom is -0.207 e. The van der Waals surface area contributed by atoms with Crippen LogP contribution in [0.3, 0.4) is 0 Å². The van der Waals surface area contributed by atoms with E-state index in [0.717, 1.165) is 12.8 Å². The van der Waals surface area contributed by atoms with E-state index in [2.05, 4.69) is 9.44 Å². The van der Waals surface area contributed by atoms with Gasteiger partial charge in [0.05, 0.1) is 9.79 Å². The van der Waals surface area contributed by atoms with Gasteiger partial charge in [-0.15, -0.1) is 0 Å². The van der Waals surface area contributed by atoms with Crippen molar-refractivity contribution in [1.82, 2.24) is 9.44 Å². The van der Waals surface area contributed by atoms with Crippen molar-refractivity contribution in [3.8, 4) is 0 Å². The van der Waals surface area contributed by atoms with Crippen LogP contribution in [0.25, 0.3) is 0 Å². The number of benzene rings is 2. The number of sulfonamides is 2. The van der Waals surface area contributed by atoms with Crippen LogP contribution in [0.2, 0.25) is 0 Å². The monoisotopic (exact) mass is 394 g/mol. The number of hydrogen-bond donors (Lipinski definition) is 2. The predicted molar refractivity (Wildman–Crippen MR) is 99.6 cm³/mol. The molecule has 0 aliphatic heterocycles. The summed E-state index contributed by atoms with van der Waals surface area (Å²) in [4.78, 5) is 0.352. The lowest BCUT2D eigenvalue weighted by Crippen LogP contribution is -2.52. The van der Waals surface area contributed by atoms with Crippen LogP contribution in [-0.4, -0.2) is 28.9 Å². The Morgan fingerprint density at radius 1 is 0.615 bits per heavy atom. The largest absolute Gasteiger partial charge is 0.240 e. The Balaban J connectivity index is 1.78. The molecule has 0 heterocycles. The molecule has 2 N–H and O–H groups in total. The molecule has 0 saturated heterocycles. The average Bonchev–Trinajstić information content (AvgIpc) is 2.64. The molecule has 1 fully saturated rings. The van der Waals surface area contributed by atoms with Crippen LogP contribution in [0.4, 0.5) is 0 Å². The molecular weight excluding hydrogens is 372 g/mol. The highest BCUT2D eigenvalue weighted by Crippen LogP contribution is 2.22. The summed E-state index contributed by atoms with van der Waals surface area (Å²) in [6.45, 7) is 0. The molecule has 140 valence electrons. The number of rotatable bonds is 6. The first-order valence-corrected chi connectivity index (χ1v) is 11.5. The fourth-order valence-corrected chi connectivity index (χ4v) is 5.81. The second-order valence-electron chi connectivity index (χ2n) is 6.37. The van der Waals surface area contributed by atoms with Crippen molar-refractivity contribution in [1.29, 1.82) is 0 Å². The van der Waals surface area contributed by atoms with E-state index in [1.807, 2.05) is 0 Å². The van der Waals surface area contributed by atoms with Gasteiger partial charge in [-0.3, -0.25) is 0 Å². The lowest BCUT2D eigenvalue weighted by molar-refractivity contribution is 0.340. The van der Waals surface area contributed by atoms with Gasteiger partial charge in [0.15, 0.2) is 0 Å². The summed E-state index contributed by atoms with van der Waals surface area (Å²) in [5.74, 6) is 0. The Kier molecular flexibility index (Phi) is 5.76. The van der Waals surface area contributed by atoms with Gasteiger partial charge in [-0.2, -0.15) is 0 Å². The molecule has 8 heteroatoms. The summed E-state index contributed by atoms with van der Waals surface area (Å²) in [6.07, 6.45) is 2.89. The third kappa shape index (κ3) is 4.50. The molecule has 2 aromatic carbocycles. The van der Waals surface area contributed by atoms with Crippen molar-refractivity contribution in [2.75, 3.05) is 0 Å². The van der Waals surface area contributed by atoms with Crippen molar-refractivity contribution >= 4 is 20.0 Å². The van der Waals surface area contributed by atoms with Crippen LogP contribution in [0.1, 0.15) is 25.7 Å². The highest BCUT2D eigenvalue weighted by molar-refractivity contribution is 7.90. The van der Waals surface area contributed by atoms with Gasteiger partial charge < -0.3 is 0 Å². The Hall–Kier alpha value is -1.74. The van der Waals surface area contributed by atoms with E-state index < -0.39 is 32.1 Å². The van der Waals surface area contributed by atoms with E-state index in [-0.39, 0.29) is 9.79 Å². The fourth-order valence-electron chi connectivity index (χ4n) is 3.15. The van der Waals surface area contributed by atoms with Crippen molar-refractivity contribution in [3.05, 3.63) is 60.7 Å². The van der Waals surface area contributed by atoms with Crippen molar-refractivity contribution < 1.29 is 16.8 Å². The van der Waals surface area contributed by atoms with Gasteiger partial charge in [0.1, 0.15) is 0 Å². The zero-order valence-electron chi connectivity index (χ0n) is 14.2. The second kappa shape index (κ2) is 7.87. The van der Waals surface area contributed by atoms with E-state index in [0.29, 0.717) is 12.8 Å². The molecule has 0 spiro atoms. The highest BCUT2D eigenvalue weighted by Gasteiger charge is 2.32. The molecule has 1 aliphatic rings. The van der Waals surface area contributed by atoms with Gasteiger partial charge in [0.25, 0.3) is 0 Å². The van der Waals surface area contributed by atoms with Gasteiger partial charge in [-0.05, 0) is 37.1 Å². The molecule has 0 radical (unpaired) electrons. The highest BCUT2D eigenvalue weighted by atomic mass is 32.2.